The summed E-state index contributed by atoms with van der Waals surface area (Å²) in [5.74, 6) is 0.473. The number of nitrogens with zero attached hydrogens (tertiary/aromatic N) is 1. The van der Waals surface area contributed by atoms with E-state index in [4.69, 9.17) is 5.73 Å². The van der Waals surface area contributed by atoms with Gasteiger partial charge in [0, 0.05) is 24.3 Å². The quantitative estimate of drug-likeness (QED) is 0.815. The lowest BCUT2D eigenvalue weighted by atomic mass is 10.1. The fourth-order valence-corrected chi connectivity index (χ4v) is 1.69. The van der Waals surface area contributed by atoms with Crippen LogP contribution in [0.2, 0.25) is 0 Å². The fourth-order valence-electron chi connectivity index (χ4n) is 1.69. The standard InChI is InChI=1S/C12H20N2O/c1-4-11-6-5-10(7-13)12(15)14(11)8-9(2)3/h5-6,9H,4,7-8,13H2,1-3H3. The zero-order chi connectivity index (χ0) is 11.4. The first-order valence-corrected chi connectivity index (χ1v) is 5.51. The Labute approximate surface area is 90.9 Å². The highest BCUT2D eigenvalue weighted by Crippen LogP contribution is 2.04. The van der Waals surface area contributed by atoms with E-state index in [2.05, 4.69) is 20.8 Å². The van der Waals surface area contributed by atoms with Crippen LogP contribution in [0.4, 0.5) is 0 Å². The van der Waals surface area contributed by atoms with Crippen LogP contribution in [0.15, 0.2) is 16.9 Å². The Balaban J connectivity index is 3.23. The van der Waals surface area contributed by atoms with Gasteiger partial charge in [-0.2, -0.15) is 0 Å². The molecule has 2 N–H and O–H groups in total. The van der Waals surface area contributed by atoms with E-state index in [0.29, 0.717) is 18.0 Å². The molecule has 1 heterocycles. The molecule has 0 aliphatic rings. The molecule has 0 saturated carbocycles. The van der Waals surface area contributed by atoms with Crippen LogP contribution in [-0.4, -0.2) is 4.57 Å². The molecule has 0 aliphatic heterocycles. The zero-order valence-electron chi connectivity index (χ0n) is 9.79. The number of hydrogen-bond acceptors (Lipinski definition) is 2. The van der Waals surface area contributed by atoms with Crippen molar-refractivity contribution in [1.82, 2.24) is 4.57 Å². The van der Waals surface area contributed by atoms with E-state index in [1.165, 1.54) is 0 Å². The maximum absolute atomic E-state index is 12.0. The third-order valence-electron chi connectivity index (χ3n) is 2.47. The number of nitrogens with two attached hydrogens (primary N) is 1. The molecule has 0 saturated heterocycles. The molecule has 3 nitrogen and oxygen atoms in total. The van der Waals surface area contributed by atoms with Crippen molar-refractivity contribution in [2.45, 2.75) is 40.3 Å². The molecule has 0 atom stereocenters. The van der Waals surface area contributed by atoms with Crippen molar-refractivity contribution in [3.05, 3.63) is 33.7 Å². The average Bonchev–Trinajstić information content (AvgIpc) is 2.20. The molecule has 1 rings (SSSR count). The molecule has 0 radical (unpaired) electrons. The molecule has 1 aromatic heterocycles. The Hall–Kier alpha value is -1.09. The smallest absolute Gasteiger partial charge is 0.255 e. The summed E-state index contributed by atoms with van der Waals surface area (Å²) in [5, 5.41) is 0. The minimum absolute atomic E-state index is 0.0746. The highest BCUT2D eigenvalue weighted by Gasteiger charge is 2.07. The van der Waals surface area contributed by atoms with Gasteiger partial charge in [0.25, 0.3) is 5.56 Å². The number of rotatable bonds is 4. The van der Waals surface area contributed by atoms with Gasteiger partial charge in [0.15, 0.2) is 0 Å². The van der Waals surface area contributed by atoms with Crippen LogP contribution in [0.5, 0.6) is 0 Å². The summed E-state index contributed by atoms with van der Waals surface area (Å²) in [4.78, 5) is 12.0. The molecule has 0 unspecified atom stereocenters. The van der Waals surface area contributed by atoms with Crippen molar-refractivity contribution < 1.29 is 0 Å². The molecule has 0 amide bonds. The summed E-state index contributed by atoms with van der Waals surface area (Å²) in [6.07, 6.45) is 0.882. The van der Waals surface area contributed by atoms with Gasteiger partial charge >= 0.3 is 0 Å². The van der Waals surface area contributed by atoms with E-state index >= 15 is 0 Å². The number of pyridine rings is 1. The number of aromatic nitrogens is 1. The van der Waals surface area contributed by atoms with Crippen molar-refractivity contribution in [3.63, 3.8) is 0 Å². The van der Waals surface area contributed by atoms with E-state index in [1.807, 2.05) is 16.7 Å². The molecule has 1 aromatic rings. The van der Waals surface area contributed by atoms with E-state index < -0.39 is 0 Å². The summed E-state index contributed by atoms with van der Waals surface area (Å²) >= 11 is 0. The Kier molecular flexibility index (Phi) is 4.09. The van der Waals surface area contributed by atoms with E-state index in [1.54, 1.807) is 0 Å². The second kappa shape index (κ2) is 5.12. The van der Waals surface area contributed by atoms with Crippen LogP contribution in [0, 0.1) is 5.92 Å². The van der Waals surface area contributed by atoms with Gasteiger partial charge in [-0.15, -0.1) is 0 Å². The zero-order valence-corrected chi connectivity index (χ0v) is 9.79. The monoisotopic (exact) mass is 208 g/mol. The molecule has 0 bridgehead atoms. The topological polar surface area (TPSA) is 48.0 Å². The van der Waals surface area contributed by atoms with Crippen LogP contribution in [-0.2, 0) is 19.5 Å². The van der Waals surface area contributed by atoms with Crippen molar-refractivity contribution in [2.24, 2.45) is 11.7 Å². The molecule has 0 aliphatic carbocycles. The second-order valence-corrected chi connectivity index (χ2v) is 4.22. The predicted octanol–water partition coefficient (Wildman–Crippen LogP) is 1.53. The third-order valence-corrected chi connectivity index (χ3v) is 2.47. The molecular weight excluding hydrogens is 188 g/mol. The first-order valence-electron chi connectivity index (χ1n) is 5.51. The number of hydrogen-bond donors (Lipinski definition) is 1. The van der Waals surface area contributed by atoms with E-state index in [-0.39, 0.29) is 5.56 Å². The molecule has 84 valence electrons. The van der Waals surface area contributed by atoms with Gasteiger partial charge in [-0.25, -0.2) is 0 Å². The maximum atomic E-state index is 12.0. The Morgan fingerprint density at radius 2 is 2.07 bits per heavy atom. The molecule has 15 heavy (non-hydrogen) atoms. The van der Waals surface area contributed by atoms with Gasteiger partial charge in [-0.1, -0.05) is 26.8 Å². The second-order valence-electron chi connectivity index (χ2n) is 4.22. The number of aryl methyl sites for hydroxylation is 1. The lowest BCUT2D eigenvalue weighted by Crippen LogP contribution is -2.29. The SMILES string of the molecule is CCc1ccc(CN)c(=O)n1CC(C)C. The summed E-state index contributed by atoms with van der Waals surface area (Å²) < 4.78 is 1.85. The lowest BCUT2D eigenvalue weighted by molar-refractivity contribution is 0.494. The van der Waals surface area contributed by atoms with Crippen LogP contribution in [0.1, 0.15) is 32.0 Å². The molecule has 0 spiro atoms. The minimum atomic E-state index is 0.0746. The first-order chi connectivity index (χ1) is 7.10. The summed E-state index contributed by atoms with van der Waals surface area (Å²) in [7, 11) is 0. The summed E-state index contributed by atoms with van der Waals surface area (Å²) in [6, 6.07) is 3.85. The lowest BCUT2D eigenvalue weighted by Gasteiger charge is -2.15. The summed E-state index contributed by atoms with van der Waals surface area (Å²) in [5.41, 5.74) is 7.39. The van der Waals surface area contributed by atoms with Crippen LogP contribution in [0.25, 0.3) is 0 Å². The fraction of sp³-hybridized carbons (Fsp3) is 0.583. The van der Waals surface area contributed by atoms with Gasteiger partial charge < -0.3 is 10.3 Å². The van der Waals surface area contributed by atoms with Gasteiger partial charge in [0.05, 0.1) is 0 Å². The van der Waals surface area contributed by atoms with Crippen molar-refractivity contribution >= 4 is 0 Å². The Morgan fingerprint density at radius 1 is 1.40 bits per heavy atom. The highest BCUT2D eigenvalue weighted by molar-refractivity contribution is 5.16. The Bertz CT molecular complexity index is 380. The molecular formula is C12H20N2O. The van der Waals surface area contributed by atoms with E-state index in [9.17, 15) is 4.79 Å². The van der Waals surface area contributed by atoms with Crippen molar-refractivity contribution in [1.29, 1.82) is 0 Å². The largest absolute Gasteiger partial charge is 0.326 e. The molecule has 3 heteroatoms. The van der Waals surface area contributed by atoms with Crippen LogP contribution in [0.3, 0.4) is 0 Å². The van der Waals surface area contributed by atoms with Gasteiger partial charge in [-0.3, -0.25) is 4.79 Å². The predicted molar refractivity (Wildman–Crippen MR) is 62.8 cm³/mol. The first kappa shape index (κ1) is 12.0. The average molecular weight is 208 g/mol. The van der Waals surface area contributed by atoms with Crippen LogP contribution >= 0.6 is 0 Å². The van der Waals surface area contributed by atoms with Crippen LogP contribution < -0.4 is 11.3 Å². The van der Waals surface area contributed by atoms with Crippen molar-refractivity contribution in [3.8, 4) is 0 Å². The van der Waals surface area contributed by atoms with Gasteiger partial charge in [0.1, 0.15) is 0 Å². The third kappa shape index (κ3) is 2.69. The normalized spacial score (nSPS) is 11.0. The van der Waals surface area contributed by atoms with Gasteiger partial charge in [0.2, 0.25) is 0 Å². The molecule has 0 fully saturated rings. The van der Waals surface area contributed by atoms with E-state index in [0.717, 1.165) is 18.7 Å². The Morgan fingerprint density at radius 3 is 2.53 bits per heavy atom. The summed E-state index contributed by atoms with van der Waals surface area (Å²) in [6.45, 7) is 7.38. The van der Waals surface area contributed by atoms with Gasteiger partial charge in [-0.05, 0) is 18.4 Å². The van der Waals surface area contributed by atoms with Crippen molar-refractivity contribution in [2.75, 3.05) is 0 Å². The maximum Gasteiger partial charge on any atom is 0.255 e. The minimum Gasteiger partial charge on any atom is -0.326 e. The highest BCUT2D eigenvalue weighted by atomic mass is 16.1. The molecule has 0 aromatic carbocycles.